The fourth-order valence-electron chi connectivity index (χ4n) is 5.21. The van der Waals surface area contributed by atoms with Gasteiger partial charge in [-0.2, -0.15) is 4.31 Å². The fraction of sp³-hybridized carbons (Fsp3) is 0.346. The molecule has 11 heteroatoms. The molecule has 1 saturated heterocycles. The van der Waals surface area contributed by atoms with Crippen LogP contribution in [-0.4, -0.2) is 67.2 Å². The van der Waals surface area contributed by atoms with Crippen LogP contribution in [0.2, 0.25) is 10.0 Å². The van der Waals surface area contributed by atoms with Crippen LogP contribution in [-0.2, 0) is 21.2 Å². The van der Waals surface area contributed by atoms with Gasteiger partial charge in [0.1, 0.15) is 10.7 Å². The lowest BCUT2D eigenvalue weighted by Crippen LogP contribution is -2.57. The number of fused-ring (bicyclic) bond motifs is 1. The zero-order chi connectivity index (χ0) is 26.3. The van der Waals surface area contributed by atoms with Gasteiger partial charge < -0.3 is 4.90 Å². The van der Waals surface area contributed by atoms with Crippen molar-refractivity contribution in [3.05, 3.63) is 85.8 Å². The molecule has 196 valence electrons. The largest absolute Gasteiger partial charge is 0.339 e. The smallest absolute Gasteiger partial charge is 0.244 e. The van der Waals surface area contributed by atoms with Crippen molar-refractivity contribution in [2.24, 2.45) is 0 Å². The van der Waals surface area contributed by atoms with Crippen molar-refractivity contribution < 1.29 is 17.6 Å². The molecule has 2 unspecified atom stereocenters. The lowest BCUT2D eigenvalue weighted by Gasteiger charge is -2.41. The fourth-order valence-corrected chi connectivity index (χ4v) is 8.46. The maximum Gasteiger partial charge on any atom is 0.244 e. The van der Waals surface area contributed by atoms with Gasteiger partial charge in [0.2, 0.25) is 15.9 Å². The van der Waals surface area contributed by atoms with Crippen LogP contribution in [0.25, 0.3) is 0 Å². The standard InChI is InChI=1S/C26H26Cl2FN3O3S2/c1-17-15-30(10-11-32(17)37(34,35)24-14-19(27)5-6-22(24)28)25(33)16-31-9-7-23-21(8-12-36-23)26(31)18-3-2-4-20(29)13-18/h2-6,8,12-14,17,26H,7,9-11,15-16H2,1H3. The third kappa shape index (κ3) is 5.30. The van der Waals surface area contributed by atoms with E-state index in [9.17, 15) is 17.6 Å². The minimum absolute atomic E-state index is 0.0360. The molecule has 1 fully saturated rings. The molecule has 3 aromatic rings. The summed E-state index contributed by atoms with van der Waals surface area (Å²) in [6.45, 7) is 3.30. The highest BCUT2D eigenvalue weighted by Gasteiger charge is 2.38. The number of benzene rings is 2. The highest BCUT2D eigenvalue weighted by Crippen LogP contribution is 2.38. The first kappa shape index (κ1) is 26.6. The van der Waals surface area contributed by atoms with Crippen molar-refractivity contribution in [3.8, 4) is 0 Å². The lowest BCUT2D eigenvalue weighted by molar-refractivity contribution is -0.135. The summed E-state index contributed by atoms with van der Waals surface area (Å²) in [5.41, 5.74) is 1.92. The highest BCUT2D eigenvalue weighted by molar-refractivity contribution is 7.89. The molecular formula is C26H26Cl2FN3O3S2. The van der Waals surface area contributed by atoms with Crippen molar-refractivity contribution in [2.45, 2.75) is 30.3 Å². The SMILES string of the molecule is CC1CN(C(=O)CN2CCc3sccc3C2c2cccc(F)c2)CCN1S(=O)(=O)c1cc(Cl)ccc1Cl. The number of rotatable bonds is 5. The molecule has 0 spiro atoms. The number of sulfonamides is 1. The topological polar surface area (TPSA) is 60.9 Å². The predicted molar refractivity (Wildman–Crippen MR) is 144 cm³/mol. The van der Waals surface area contributed by atoms with Crippen LogP contribution < -0.4 is 0 Å². The molecule has 0 N–H and O–H groups in total. The molecule has 2 aromatic carbocycles. The molecule has 6 nitrogen and oxygen atoms in total. The Morgan fingerprint density at radius 1 is 1.11 bits per heavy atom. The average molecular weight is 583 g/mol. The summed E-state index contributed by atoms with van der Waals surface area (Å²) in [4.78, 5) is 18.5. The zero-order valence-corrected chi connectivity index (χ0v) is 23.3. The van der Waals surface area contributed by atoms with Crippen LogP contribution in [0.3, 0.4) is 0 Å². The van der Waals surface area contributed by atoms with Crippen molar-refractivity contribution in [3.63, 3.8) is 0 Å². The number of hydrogen-bond acceptors (Lipinski definition) is 5. The zero-order valence-electron chi connectivity index (χ0n) is 20.1. The summed E-state index contributed by atoms with van der Waals surface area (Å²) in [5, 5.41) is 2.43. The molecule has 1 amide bonds. The van der Waals surface area contributed by atoms with Gasteiger partial charge in [-0.15, -0.1) is 11.3 Å². The number of hydrogen-bond donors (Lipinski definition) is 0. The van der Waals surface area contributed by atoms with Crippen molar-refractivity contribution in [1.29, 1.82) is 0 Å². The van der Waals surface area contributed by atoms with Crippen LogP contribution in [0.1, 0.15) is 29.0 Å². The quantitative estimate of drug-likeness (QED) is 0.422. The molecule has 0 bridgehead atoms. The van der Waals surface area contributed by atoms with Crippen LogP contribution in [0.4, 0.5) is 4.39 Å². The van der Waals surface area contributed by atoms with Crippen LogP contribution in [0.5, 0.6) is 0 Å². The molecule has 2 aliphatic heterocycles. The van der Waals surface area contributed by atoms with E-state index >= 15 is 0 Å². The molecule has 0 radical (unpaired) electrons. The number of thiophene rings is 1. The Labute approximate surface area is 230 Å². The Bertz CT molecular complexity index is 1430. The maximum atomic E-state index is 14.1. The minimum Gasteiger partial charge on any atom is -0.339 e. The van der Waals surface area contributed by atoms with Crippen LogP contribution in [0.15, 0.2) is 58.8 Å². The van der Waals surface area contributed by atoms with Gasteiger partial charge in [-0.25, -0.2) is 12.8 Å². The molecule has 0 aliphatic carbocycles. The number of nitrogens with zero attached hydrogens (tertiary/aromatic N) is 3. The van der Waals surface area contributed by atoms with Crippen LogP contribution >= 0.6 is 34.5 Å². The third-order valence-corrected chi connectivity index (χ3v) is 10.7. The molecule has 2 aliphatic rings. The van der Waals surface area contributed by atoms with E-state index < -0.39 is 16.1 Å². The van der Waals surface area contributed by atoms with E-state index in [2.05, 4.69) is 11.0 Å². The molecule has 2 atom stereocenters. The molecule has 1 aromatic heterocycles. The first-order chi connectivity index (χ1) is 17.6. The Kier molecular flexibility index (Phi) is 7.64. The number of piperazine rings is 1. The van der Waals surface area contributed by atoms with E-state index in [-0.39, 0.29) is 58.9 Å². The van der Waals surface area contributed by atoms with Gasteiger partial charge >= 0.3 is 0 Å². The Hall–Kier alpha value is -2.01. The Morgan fingerprint density at radius 2 is 1.92 bits per heavy atom. The molecule has 5 rings (SSSR count). The summed E-state index contributed by atoms with van der Waals surface area (Å²) in [6, 6.07) is 12.3. The van der Waals surface area contributed by atoms with Crippen molar-refractivity contribution in [2.75, 3.05) is 32.7 Å². The van der Waals surface area contributed by atoms with Gasteiger partial charge in [0.05, 0.1) is 17.6 Å². The van der Waals surface area contributed by atoms with Gasteiger partial charge in [0.15, 0.2) is 0 Å². The van der Waals surface area contributed by atoms with Gasteiger partial charge in [-0.1, -0.05) is 35.3 Å². The molecule has 0 saturated carbocycles. The van der Waals surface area contributed by atoms with Gasteiger partial charge in [0, 0.05) is 42.1 Å². The van der Waals surface area contributed by atoms with Crippen molar-refractivity contribution in [1.82, 2.24) is 14.1 Å². The Balaban J connectivity index is 1.32. The van der Waals surface area contributed by atoms with E-state index in [1.165, 1.54) is 33.4 Å². The second-order valence-corrected chi connectivity index (χ2v) is 13.1. The molecule has 37 heavy (non-hydrogen) atoms. The number of amides is 1. The van der Waals surface area contributed by atoms with Gasteiger partial charge in [-0.05, 0) is 66.2 Å². The normalized spacial score (nSPS) is 21.1. The summed E-state index contributed by atoms with van der Waals surface area (Å²) >= 11 is 13.9. The van der Waals surface area contributed by atoms with Gasteiger partial charge in [-0.3, -0.25) is 9.69 Å². The second-order valence-electron chi connectivity index (χ2n) is 9.36. The average Bonchev–Trinajstić information content (AvgIpc) is 3.34. The van der Waals surface area contributed by atoms with E-state index in [0.717, 1.165) is 17.5 Å². The highest BCUT2D eigenvalue weighted by atomic mass is 35.5. The summed E-state index contributed by atoms with van der Waals surface area (Å²) in [5.74, 6) is -0.387. The maximum absolute atomic E-state index is 14.1. The lowest BCUT2D eigenvalue weighted by atomic mass is 9.93. The number of carbonyl (C=O) groups excluding carboxylic acids is 1. The van der Waals surface area contributed by atoms with E-state index in [0.29, 0.717) is 6.54 Å². The third-order valence-electron chi connectivity index (χ3n) is 6.97. The van der Waals surface area contributed by atoms with E-state index in [1.807, 2.05) is 11.4 Å². The summed E-state index contributed by atoms with van der Waals surface area (Å²) < 4.78 is 42.1. The van der Waals surface area contributed by atoms with Crippen LogP contribution in [0, 0.1) is 5.82 Å². The van der Waals surface area contributed by atoms with E-state index in [4.69, 9.17) is 23.2 Å². The summed E-state index contributed by atoms with van der Waals surface area (Å²) in [7, 11) is -3.88. The predicted octanol–water partition coefficient (Wildman–Crippen LogP) is 5.06. The monoisotopic (exact) mass is 581 g/mol. The van der Waals surface area contributed by atoms with Crippen molar-refractivity contribution >= 4 is 50.5 Å². The minimum atomic E-state index is -3.88. The number of carbonyl (C=O) groups is 1. The van der Waals surface area contributed by atoms with E-state index in [1.54, 1.807) is 35.3 Å². The Morgan fingerprint density at radius 3 is 2.68 bits per heavy atom. The second kappa shape index (κ2) is 10.6. The summed E-state index contributed by atoms with van der Waals surface area (Å²) in [6.07, 6.45) is 0.828. The molecule has 3 heterocycles. The molecular weight excluding hydrogens is 556 g/mol. The van der Waals surface area contributed by atoms with Gasteiger partial charge in [0.25, 0.3) is 0 Å². The first-order valence-electron chi connectivity index (χ1n) is 12.0. The first-order valence-corrected chi connectivity index (χ1v) is 15.0. The number of halogens is 3.